The van der Waals surface area contributed by atoms with Crippen LogP contribution in [0.4, 0.5) is 11.5 Å². The number of nitrogens with zero attached hydrogens (tertiary/aromatic N) is 4. The van der Waals surface area contributed by atoms with E-state index in [1.807, 2.05) is 24.1 Å². The number of hydrogen-bond donors (Lipinski definition) is 1. The fourth-order valence-electron chi connectivity index (χ4n) is 3.67. The first-order valence-electron chi connectivity index (χ1n) is 9.23. The van der Waals surface area contributed by atoms with E-state index in [2.05, 4.69) is 65.1 Å². The molecule has 0 aliphatic carbocycles. The van der Waals surface area contributed by atoms with E-state index < -0.39 is 0 Å². The third-order valence-corrected chi connectivity index (χ3v) is 5.20. The molecule has 0 spiro atoms. The molecule has 1 aromatic carbocycles. The second-order valence-corrected chi connectivity index (χ2v) is 6.97. The molecule has 26 heavy (non-hydrogen) atoms. The van der Waals surface area contributed by atoms with Gasteiger partial charge >= 0.3 is 0 Å². The highest BCUT2D eigenvalue weighted by molar-refractivity contribution is 5.95. The van der Waals surface area contributed by atoms with Crippen molar-refractivity contribution in [3.8, 4) is 0 Å². The maximum atomic E-state index is 4.62. The lowest BCUT2D eigenvalue weighted by molar-refractivity contribution is 0.650. The van der Waals surface area contributed by atoms with E-state index >= 15 is 0 Å². The average Bonchev–Trinajstić information content (AvgIpc) is 3.21. The van der Waals surface area contributed by atoms with Crippen LogP contribution in [0.2, 0.25) is 0 Å². The van der Waals surface area contributed by atoms with Gasteiger partial charge in [0.15, 0.2) is 0 Å². The summed E-state index contributed by atoms with van der Waals surface area (Å²) in [6, 6.07) is 6.44. The Kier molecular flexibility index (Phi) is 4.15. The smallest absolute Gasteiger partial charge is 0.139 e. The highest BCUT2D eigenvalue weighted by atomic mass is 15.2. The molecule has 5 nitrogen and oxygen atoms in total. The number of aryl methyl sites for hydroxylation is 4. The van der Waals surface area contributed by atoms with Crippen LogP contribution in [0.5, 0.6) is 0 Å². The third-order valence-electron chi connectivity index (χ3n) is 5.20. The summed E-state index contributed by atoms with van der Waals surface area (Å²) in [6.07, 6.45) is 8.37. The monoisotopic (exact) mass is 347 g/mol. The summed E-state index contributed by atoms with van der Waals surface area (Å²) in [4.78, 5) is 4.62. The van der Waals surface area contributed by atoms with Crippen LogP contribution in [0.3, 0.4) is 0 Å². The largest absolute Gasteiger partial charge is 0.347 e. The fourth-order valence-corrected chi connectivity index (χ4v) is 3.67. The molecular formula is C21H25N5. The maximum absolute atomic E-state index is 4.62. The summed E-state index contributed by atoms with van der Waals surface area (Å²) in [5.41, 5.74) is 5.91. The molecule has 0 unspecified atom stereocenters. The van der Waals surface area contributed by atoms with Crippen molar-refractivity contribution in [1.29, 1.82) is 0 Å². The second kappa shape index (κ2) is 6.48. The predicted molar refractivity (Wildman–Crippen MR) is 108 cm³/mol. The molecule has 0 aliphatic rings. The summed E-state index contributed by atoms with van der Waals surface area (Å²) in [7, 11) is 1.98. The first kappa shape index (κ1) is 16.6. The number of nitrogens with one attached hydrogen (secondary N) is 1. The molecule has 4 rings (SSSR count). The van der Waals surface area contributed by atoms with Crippen molar-refractivity contribution in [2.45, 2.75) is 40.2 Å². The zero-order chi connectivity index (χ0) is 18.3. The Bertz CT molecular complexity index is 1090. The van der Waals surface area contributed by atoms with Crippen LogP contribution >= 0.6 is 0 Å². The first-order chi connectivity index (χ1) is 12.6. The highest BCUT2D eigenvalue weighted by Gasteiger charge is 2.13. The van der Waals surface area contributed by atoms with Gasteiger partial charge in [-0.25, -0.2) is 4.98 Å². The van der Waals surface area contributed by atoms with Gasteiger partial charge in [0, 0.05) is 42.4 Å². The number of rotatable bonds is 5. The topological polar surface area (TPSA) is 47.7 Å². The zero-order valence-electron chi connectivity index (χ0n) is 15.9. The summed E-state index contributed by atoms with van der Waals surface area (Å²) >= 11 is 0. The van der Waals surface area contributed by atoms with Gasteiger partial charge in [0.05, 0.1) is 17.2 Å². The van der Waals surface area contributed by atoms with E-state index in [1.54, 1.807) is 0 Å². The fraction of sp³-hybridized carbons (Fsp3) is 0.333. The molecule has 0 bridgehead atoms. The molecule has 0 saturated carbocycles. The highest BCUT2D eigenvalue weighted by Crippen LogP contribution is 2.33. The molecule has 3 heterocycles. The Morgan fingerprint density at radius 1 is 1.12 bits per heavy atom. The van der Waals surface area contributed by atoms with Gasteiger partial charge in [-0.3, -0.25) is 4.68 Å². The molecule has 1 N–H and O–H groups in total. The average molecular weight is 347 g/mol. The van der Waals surface area contributed by atoms with E-state index in [1.165, 1.54) is 34.9 Å². The van der Waals surface area contributed by atoms with Crippen molar-refractivity contribution < 1.29 is 0 Å². The number of benzene rings is 1. The Labute approximate surface area is 153 Å². The van der Waals surface area contributed by atoms with Gasteiger partial charge in [-0.2, -0.15) is 5.10 Å². The van der Waals surface area contributed by atoms with E-state index in [0.717, 1.165) is 29.0 Å². The summed E-state index contributed by atoms with van der Waals surface area (Å²) in [6.45, 7) is 7.55. The molecule has 0 amide bonds. The number of pyridine rings is 1. The molecule has 0 saturated heterocycles. The molecular weight excluding hydrogens is 322 g/mol. The van der Waals surface area contributed by atoms with Crippen LogP contribution in [0.25, 0.3) is 21.8 Å². The number of unbranched alkanes of at least 4 members (excludes halogenated alkanes) is 1. The molecule has 134 valence electrons. The van der Waals surface area contributed by atoms with E-state index in [4.69, 9.17) is 0 Å². The Balaban J connectivity index is 1.78. The van der Waals surface area contributed by atoms with Gasteiger partial charge in [0.2, 0.25) is 0 Å². The van der Waals surface area contributed by atoms with Crippen molar-refractivity contribution in [1.82, 2.24) is 19.3 Å². The van der Waals surface area contributed by atoms with Crippen molar-refractivity contribution in [3.63, 3.8) is 0 Å². The van der Waals surface area contributed by atoms with E-state index in [9.17, 15) is 0 Å². The molecule has 0 aliphatic heterocycles. The van der Waals surface area contributed by atoms with Crippen LogP contribution in [-0.4, -0.2) is 19.3 Å². The van der Waals surface area contributed by atoms with Crippen molar-refractivity contribution in [2.24, 2.45) is 7.05 Å². The van der Waals surface area contributed by atoms with Crippen molar-refractivity contribution in [2.75, 3.05) is 5.32 Å². The third kappa shape index (κ3) is 2.64. The minimum atomic E-state index is 0.909. The van der Waals surface area contributed by atoms with Crippen molar-refractivity contribution in [3.05, 3.63) is 47.9 Å². The van der Waals surface area contributed by atoms with Gasteiger partial charge < -0.3 is 9.88 Å². The lowest BCUT2D eigenvalue weighted by atomic mass is 10.0. The lowest BCUT2D eigenvalue weighted by Crippen LogP contribution is -2.01. The molecule has 5 heteroatoms. The second-order valence-electron chi connectivity index (χ2n) is 6.97. The van der Waals surface area contributed by atoms with E-state index in [0.29, 0.717) is 0 Å². The number of aromatic nitrogens is 4. The molecule has 3 aromatic heterocycles. The van der Waals surface area contributed by atoms with Gasteiger partial charge in [-0.05, 0) is 49.6 Å². The quantitative estimate of drug-likeness (QED) is 0.547. The SMILES string of the molecule is CCCCn1ccc2c(Nc3c(C)cc4c(cnn4C)c3C)nccc21. The Hall–Kier alpha value is -2.82. The maximum Gasteiger partial charge on any atom is 0.139 e. The van der Waals surface area contributed by atoms with Gasteiger partial charge in [-0.15, -0.1) is 0 Å². The summed E-state index contributed by atoms with van der Waals surface area (Å²) in [5.74, 6) is 0.909. The predicted octanol–water partition coefficient (Wildman–Crippen LogP) is 5.08. The van der Waals surface area contributed by atoms with Crippen LogP contribution in [0, 0.1) is 13.8 Å². The lowest BCUT2D eigenvalue weighted by Gasteiger charge is -2.14. The molecule has 0 radical (unpaired) electrons. The van der Waals surface area contributed by atoms with Crippen LogP contribution in [-0.2, 0) is 13.6 Å². The van der Waals surface area contributed by atoms with Crippen molar-refractivity contribution >= 4 is 33.3 Å². The standard InChI is InChI=1S/C21H25N5/c1-5-6-10-26-11-8-16-18(26)7-9-22-21(16)24-20-14(2)12-19-17(15(20)3)13-23-25(19)4/h7-9,11-13H,5-6,10H2,1-4H3,(H,22,24). The van der Waals surface area contributed by atoms with Gasteiger partial charge in [0.25, 0.3) is 0 Å². The minimum Gasteiger partial charge on any atom is -0.347 e. The van der Waals surface area contributed by atoms with Gasteiger partial charge in [-0.1, -0.05) is 13.3 Å². The van der Waals surface area contributed by atoms with Gasteiger partial charge in [0.1, 0.15) is 5.82 Å². The zero-order valence-corrected chi connectivity index (χ0v) is 15.9. The summed E-state index contributed by atoms with van der Waals surface area (Å²) < 4.78 is 4.24. The Morgan fingerprint density at radius 2 is 1.96 bits per heavy atom. The number of hydrogen-bond acceptors (Lipinski definition) is 3. The number of fused-ring (bicyclic) bond motifs is 2. The van der Waals surface area contributed by atoms with Crippen LogP contribution in [0.1, 0.15) is 30.9 Å². The minimum absolute atomic E-state index is 0.909. The van der Waals surface area contributed by atoms with Crippen LogP contribution < -0.4 is 5.32 Å². The molecule has 0 atom stereocenters. The van der Waals surface area contributed by atoms with Crippen LogP contribution in [0.15, 0.2) is 36.8 Å². The Morgan fingerprint density at radius 3 is 2.77 bits per heavy atom. The first-order valence-corrected chi connectivity index (χ1v) is 9.23. The van der Waals surface area contributed by atoms with E-state index in [-0.39, 0.29) is 0 Å². The summed E-state index contributed by atoms with van der Waals surface area (Å²) in [5, 5.41) is 10.3. The molecule has 0 fully saturated rings. The molecule has 4 aromatic rings. The number of anilines is 2. The normalized spacial score (nSPS) is 11.5.